The number of nitrogens with zero attached hydrogens (tertiary/aromatic N) is 2. The summed E-state index contributed by atoms with van der Waals surface area (Å²) in [5.74, 6) is 5.92. The lowest BCUT2D eigenvalue weighted by Gasteiger charge is -2.27. The van der Waals surface area contributed by atoms with Gasteiger partial charge in [-0.05, 0) is 38.4 Å². The summed E-state index contributed by atoms with van der Waals surface area (Å²) < 4.78 is 0. The summed E-state index contributed by atoms with van der Waals surface area (Å²) in [6, 6.07) is 2.13. The van der Waals surface area contributed by atoms with Gasteiger partial charge >= 0.3 is 0 Å². The van der Waals surface area contributed by atoms with Gasteiger partial charge in [0.1, 0.15) is 4.88 Å². The minimum Gasteiger partial charge on any atom is -0.334 e. The fourth-order valence-electron chi connectivity index (χ4n) is 2.52. The second kappa shape index (κ2) is 6.89. The van der Waals surface area contributed by atoms with Crippen LogP contribution in [0, 0.1) is 11.8 Å². The highest BCUT2D eigenvalue weighted by molar-refractivity contribution is 7.12. The maximum atomic E-state index is 12.7. The Morgan fingerprint density at radius 3 is 3.10 bits per heavy atom. The number of likely N-dealkylation sites (N-methyl/N-ethyl adjacent to an activating group) is 1. The molecular weight excluding hydrogens is 270 g/mol. The zero-order chi connectivity index (χ0) is 14.5. The maximum absolute atomic E-state index is 12.7. The van der Waals surface area contributed by atoms with Crippen LogP contribution in [0.5, 0.6) is 0 Å². The summed E-state index contributed by atoms with van der Waals surface area (Å²) in [4.78, 5) is 17.7. The Morgan fingerprint density at radius 2 is 2.35 bits per heavy atom. The van der Waals surface area contributed by atoms with E-state index in [0.29, 0.717) is 6.54 Å². The first-order chi connectivity index (χ1) is 9.63. The molecule has 2 rings (SSSR count). The van der Waals surface area contributed by atoms with E-state index < -0.39 is 0 Å². The molecule has 0 saturated carbocycles. The first-order valence-corrected chi connectivity index (χ1v) is 7.77. The third-order valence-electron chi connectivity index (χ3n) is 3.49. The van der Waals surface area contributed by atoms with E-state index in [1.54, 1.807) is 0 Å². The van der Waals surface area contributed by atoms with Crippen LogP contribution in [0.25, 0.3) is 0 Å². The van der Waals surface area contributed by atoms with Crippen LogP contribution in [-0.4, -0.2) is 55.0 Å². The standard InChI is InChI=1S/C15H21N3OS/c1-12-11-17(2)8-4-9-18(12)15(19)14-13(5-3-7-16)6-10-20-14/h6,10,12H,4,7-9,11,16H2,1-2H3. The van der Waals surface area contributed by atoms with Crippen molar-refractivity contribution in [2.45, 2.75) is 19.4 Å². The van der Waals surface area contributed by atoms with E-state index in [1.807, 2.05) is 16.3 Å². The second-order valence-electron chi connectivity index (χ2n) is 5.13. The molecule has 0 aromatic carbocycles. The minimum absolute atomic E-state index is 0.101. The fourth-order valence-corrected chi connectivity index (χ4v) is 3.33. The summed E-state index contributed by atoms with van der Waals surface area (Å²) in [6.07, 6.45) is 1.02. The Kier molecular flexibility index (Phi) is 5.18. The molecule has 2 N–H and O–H groups in total. The summed E-state index contributed by atoms with van der Waals surface area (Å²) in [6.45, 7) is 5.19. The fraction of sp³-hybridized carbons (Fsp3) is 0.533. The van der Waals surface area contributed by atoms with Crippen LogP contribution in [0.2, 0.25) is 0 Å². The van der Waals surface area contributed by atoms with Crippen LogP contribution in [-0.2, 0) is 0 Å². The highest BCUT2D eigenvalue weighted by Crippen LogP contribution is 2.21. The molecule has 1 atom stereocenters. The van der Waals surface area contributed by atoms with Gasteiger partial charge in [-0.3, -0.25) is 4.79 Å². The van der Waals surface area contributed by atoms with E-state index in [1.165, 1.54) is 11.3 Å². The average molecular weight is 291 g/mol. The lowest BCUT2D eigenvalue weighted by Crippen LogP contribution is -2.41. The van der Waals surface area contributed by atoms with Crippen molar-refractivity contribution in [2.75, 3.05) is 33.2 Å². The molecule has 1 unspecified atom stereocenters. The van der Waals surface area contributed by atoms with Gasteiger partial charge in [0.05, 0.1) is 6.54 Å². The van der Waals surface area contributed by atoms with Crippen molar-refractivity contribution in [1.29, 1.82) is 0 Å². The Labute approximate surface area is 124 Å². The molecule has 0 bridgehead atoms. The van der Waals surface area contributed by atoms with Crippen molar-refractivity contribution in [3.05, 3.63) is 21.9 Å². The number of amides is 1. The van der Waals surface area contributed by atoms with Crippen molar-refractivity contribution in [3.8, 4) is 11.8 Å². The number of rotatable bonds is 1. The third-order valence-corrected chi connectivity index (χ3v) is 4.39. The Hall–Kier alpha value is -1.35. The van der Waals surface area contributed by atoms with Crippen molar-refractivity contribution in [3.63, 3.8) is 0 Å². The molecule has 1 saturated heterocycles. The van der Waals surface area contributed by atoms with Gasteiger partial charge < -0.3 is 15.5 Å². The van der Waals surface area contributed by atoms with Crippen molar-refractivity contribution >= 4 is 17.2 Å². The molecule has 1 aliphatic heterocycles. The van der Waals surface area contributed by atoms with Crippen molar-refractivity contribution in [1.82, 2.24) is 9.80 Å². The number of hydrogen-bond donors (Lipinski definition) is 1. The molecule has 5 heteroatoms. The molecule has 4 nitrogen and oxygen atoms in total. The van der Waals surface area contributed by atoms with Crippen molar-refractivity contribution < 1.29 is 4.79 Å². The molecule has 0 spiro atoms. The maximum Gasteiger partial charge on any atom is 0.265 e. The van der Waals surface area contributed by atoms with Crippen molar-refractivity contribution in [2.24, 2.45) is 5.73 Å². The summed E-state index contributed by atoms with van der Waals surface area (Å²) in [5, 5.41) is 1.92. The number of carbonyl (C=O) groups is 1. The van der Waals surface area contributed by atoms with Gasteiger partial charge in [0.2, 0.25) is 0 Å². The van der Waals surface area contributed by atoms with Gasteiger partial charge in [0.15, 0.2) is 0 Å². The minimum atomic E-state index is 0.101. The molecule has 1 amide bonds. The van der Waals surface area contributed by atoms with E-state index in [0.717, 1.165) is 36.5 Å². The van der Waals surface area contributed by atoms with E-state index in [-0.39, 0.29) is 11.9 Å². The summed E-state index contributed by atoms with van der Waals surface area (Å²) >= 11 is 1.46. The van der Waals surface area contributed by atoms with Crippen LogP contribution < -0.4 is 5.73 Å². The quantitative estimate of drug-likeness (QED) is 0.792. The third kappa shape index (κ3) is 3.40. The van der Waals surface area contributed by atoms with Gasteiger partial charge in [0.25, 0.3) is 5.91 Å². The zero-order valence-corrected chi connectivity index (χ0v) is 12.9. The van der Waals surface area contributed by atoms with E-state index in [9.17, 15) is 4.79 Å². The number of thiophene rings is 1. The molecule has 1 aromatic rings. The van der Waals surface area contributed by atoms with Gasteiger partial charge in [0, 0.05) is 24.7 Å². The second-order valence-corrected chi connectivity index (χ2v) is 6.05. The van der Waals surface area contributed by atoms with Crippen LogP contribution in [0.3, 0.4) is 0 Å². The molecule has 108 valence electrons. The SMILES string of the molecule is CC1CN(C)CCCN1C(=O)c1sccc1C#CCN. The van der Waals surface area contributed by atoms with Gasteiger partial charge in [-0.2, -0.15) is 0 Å². The highest BCUT2D eigenvalue weighted by Gasteiger charge is 2.26. The highest BCUT2D eigenvalue weighted by atomic mass is 32.1. The van der Waals surface area contributed by atoms with Crippen LogP contribution in [0.4, 0.5) is 0 Å². The first-order valence-electron chi connectivity index (χ1n) is 6.89. The molecule has 1 aromatic heterocycles. The van der Waals surface area contributed by atoms with E-state index >= 15 is 0 Å². The smallest absolute Gasteiger partial charge is 0.265 e. The topological polar surface area (TPSA) is 49.6 Å². The number of nitrogens with two attached hydrogens (primary N) is 1. The van der Waals surface area contributed by atoms with Gasteiger partial charge in [-0.25, -0.2) is 0 Å². The molecule has 1 aliphatic rings. The number of carbonyl (C=O) groups excluding carboxylic acids is 1. The lowest BCUT2D eigenvalue weighted by atomic mass is 10.2. The predicted octanol–water partition coefficient (Wildman–Crippen LogP) is 1.22. The largest absolute Gasteiger partial charge is 0.334 e. The van der Waals surface area contributed by atoms with Gasteiger partial charge in [-0.1, -0.05) is 11.8 Å². The number of hydrogen-bond acceptors (Lipinski definition) is 4. The molecule has 20 heavy (non-hydrogen) atoms. The lowest BCUT2D eigenvalue weighted by molar-refractivity contribution is 0.0701. The Bertz CT molecular complexity index is 529. The molecule has 1 fully saturated rings. The van der Waals surface area contributed by atoms with E-state index in [4.69, 9.17) is 5.73 Å². The molecular formula is C15H21N3OS. The summed E-state index contributed by atoms with van der Waals surface area (Å²) in [7, 11) is 2.10. The monoisotopic (exact) mass is 291 g/mol. The molecule has 0 radical (unpaired) electrons. The van der Waals surface area contributed by atoms with Crippen LogP contribution in [0.15, 0.2) is 11.4 Å². The first kappa shape index (κ1) is 15.0. The summed E-state index contributed by atoms with van der Waals surface area (Å²) in [5.41, 5.74) is 6.20. The van der Waals surface area contributed by atoms with Crippen LogP contribution >= 0.6 is 11.3 Å². The Morgan fingerprint density at radius 1 is 1.55 bits per heavy atom. The van der Waals surface area contributed by atoms with E-state index in [2.05, 4.69) is 30.7 Å². The normalized spacial score (nSPS) is 20.1. The average Bonchev–Trinajstić information content (AvgIpc) is 2.81. The Balaban J connectivity index is 2.20. The predicted molar refractivity (Wildman–Crippen MR) is 82.9 cm³/mol. The zero-order valence-electron chi connectivity index (χ0n) is 12.1. The molecule has 0 aliphatic carbocycles. The van der Waals surface area contributed by atoms with Crippen LogP contribution in [0.1, 0.15) is 28.6 Å². The molecule has 2 heterocycles. The van der Waals surface area contributed by atoms with Gasteiger partial charge in [-0.15, -0.1) is 11.3 Å².